The Morgan fingerprint density at radius 3 is 2.67 bits per heavy atom. The summed E-state index contributed by atoms with van der Waals surface area (Å²) in [6, 6.07) is 5.98. The Morgan fingerprint density at radius 2 is 2.11 bits per heavy atom. The summed E-state index contributed by atoms with van der Waals surface area (Å²) in [5.41, 5.74) is 3.44. The molecule has 0 radical (unpaired) electrons. The SMILES string of the molecule is COc1ccc(Br)c(Cn2nc(C)c(I)c2C)c1. The fourth-order valence-corrected chi connectivity index (χ4v) is 2.55. The molecule has 1 aromatic heterocycles. The summed E-state index contributed by atoms with van der Waals surface area (Å²) in [5, 5.41) is 4.55. The van der Waals surface area contributed by atoms with Crippen LogP contribution in [-0.2, 0) is 6.54 Å². The van der Waals surface area contributed by atoms with Gasteiger partial charge in [0.15, 0.2) is 0 Å². The molecule has 0 aliphatic carbocycles. The summed E-state index contributed by atoms with van der Waals surface area (Å²) in [5.74, 6) is 0.865. The van der Waals surface area contributed by atoms with Crippen molar-refractivity contribution in [3.05, 3.63) is 43.2 Å². The van der Waals surface area contributed by atoms with E-state index in [0.717, 1.165) is 28.0 Å². The molecule has 0 aliphatic rings. The van der Waals surface area contributed by atoms with Crippen LogP contribution in [0.15, 0.2) is 22.7 Å². The number of nitrogens with zero attached hydrogens (tertiary/aromatic N) is 2. The van der Waals surface area contributed by atoms with Gasteiger partial charge in [0.25, 0.3) is 0 Å². The normalized spacial score (nSPS) is 10.7. The van der Waals surface area contributed by atoms with Crippen molar-refractivity contribution in [1.82, 2.24) is 9.78 Å². The van der Waals surface area contributed by atoms with Crippen LogP contribution < -0.4 is 4.74 Å². The second-order valence-corrected chi connectivity index (χ2v) is 6.03. The average Bonchev–Trinajstić information content (AvgIpc) is 2.60. The summed E-state index contributed by atoms with van der Waals surface area (Å²) in [6.45, 7) is 4.87. The molecule has 0 atom stereocenters. The Bertz CT molecular complexity index is 581. The summed E-state index contributed by atoms with van der Waals surface area (Å²) >= 11 is 5.90. The molecule has 0 unspecified atom stereocenters. The highest BCUT2D eigenvalue weighted by atomic mass is 127. The maximum atomic E-state index is 5.25. The van der Waals surface area contributed by atoms with Crippen molar-refractivity contribution < 1.29 is 4.74 Å². The van der Waals surface area contributed by atoms with Crippen molar-refractivity contribution in [1.29, 1.82) is 0 Å². The fraction of sp³-hybridized carbons (Fsp3) is 0.308. The lowest BCUT2D eigenvalue weighted by Gasteiger charge is -2.09. The number of ether oxygens (including phenoxy) is 1. The highest BCUT2D eigenvalue weighted by Gasteiger charge is 2.10. The lowest BCUT2D eigenvalue weighted by atomic mass is 10.2. The van der Waals surface area contributed by atoms with Crippen LogP contribution in [0.2, 0.25) is 0 Å². The minimum Gasteiger partial charge on any atom is -0.497 e. The van der Waals surface area contributed by atoms with Crippen LogP contribution in [0, 0.1) is 17.4 Å². The summed E-state index contributed by atoms with van der Waals surface area (Å²) in [4.78, 5) is 0. The standard InChI is InChI=1S/C13H14BrIN2O/c1-8-13(15)9(2)17(16-8)7-10-6-11(18-3)4-5-12(10)14/h4-6H,7H2,1-3H3. The van der Waals surface area contributed by atoms with E-state index in [1.54, 1.807) is 7.11 Å². The molecule has 5 heteroatoms. The molecule has 0 spiro atoms. The Balaban J connectivity index is 2.36. The van der Waals surface area contributed by atoms with E-state index in [-0.39, 0.29) is 0 Å². The Labute approximate surface area is 129 Å². The molecule has 0 amide bonds. The Morgan fingerprint density at radius 1 is 1.39 bits per heavy atom. The van der Waals surface area contributed by atoms with Crippen LogP contribution in [0.25, 0.3) is 0 Å². The van der Waals surface area contributed by atoms with Crippen molar-refractivity contribution in [2.24, 2.45) is 0 Å². The first kappa shape index (κ1) is 13.9. The molecule has 0 saturated carbocycles. The Hall–Kier alpha value is -0.560. The predicted molar refractivity (Wildman–Crippen MR) is 84.2 cm³/mol. The molecule has 96 valence electrons. The molecule has 0 fully saturated rings. The third-order valence-electron chi connectivity index (χ3n) is 2.87. The highest BCUT2D eigenvalue weighted by molar-refractivity contribution is 14.1. The molecule has 0 aliphatic heterocycles. The maximum absolute atomic E-state index is 5.25. The van der Waals surface area contributed by atoms with E-state index in [1.807, 2.05) is 29.8 Å². The zero-order valence-corrected chi connectivity index (χ0v) is 14.2. The number of rotatable bonds is 3. The molecular formula is C13H14BrIN2O. The van der Waals surface area contributed by atoms with Gasteiger partial charge in [-0.2, -0.15) is 5.10 Å². The summed E-state index contributed by atoms with van der Waals surface area (Å²) in [7, 11) is 1.68. The molecule has 18 heavy (non-hydrogen) atoms. The van der Waals surface area contributed by atoms with Crippen molar-refractivity contribution in [2.45, 2.75) is 20.4 Å². The van der Waals surface area contributed by atoms with Gasteiger partial charge in [0.2, 0.25) is 0 Å². The van der Waals surface area contributed by atoms with Crippen LogP contribution in [-0.4, -0.2) is 16.9 Å². The van der Waals surface area contributed by atoms with E-state index in [9.17, 15) is 0 Å². The monoisotopic (exact) mass is 420 g/mol. The molecule has 1 aromatic carbocycles. The number of benzene rings is 1. The van der Waals surface area contributed by atoms with Gasteiger partial charge in [0.05, 0.1) is 22.9 Å². The van der Waals surface area contributed by atoms with Crippen molar-refractivity contribution >= 4 is 38.5 Å². The number of aromatic nitrogens is 2. The molecule has 0 bridgehead atoms. The third-order valence-corrected chi connectivity index (χ3v) is 5.20. The van der Waals surface area contributed by atoms with Gasteiger partial charge >= 0.3 is 0 Å². The molecule has 2 rings (SSSR count). The first-order valence-corrected chi connectivity index (χ1v) is 7.42. The topological polar surface area (TPSA) is 27.1 Å². The van der Waals surface area contributed by atoms with Crippen LogP contribution in [0.3, 0.4) is 0 Å². The van der Waals surface area contributed by atoms with Gasteiger partial charge in [0, 0.05) is 10.2 Å². The summed E-state index contributed by atoms with van der Waals surface area (Å²) < 4.78 is 9.58. The lowest BCUT2D eigenvalue weighted by Crippen LogP contribution is -2.05. The summed E-state index contributed by atoms with van der Waals surface area (Å²) in [6.07, 6.45) is 0. The van der Waals surface area contributed by atoms with Gasteiger partial charge in [-0.3, -0.25) is 4.68 Å². The second-order valence-electron chi connectivity index (χ2n) is 4.10. The van der Waals surface area contributed by atoms with Crippen LogP contribution in [0.5, 0.6) is 5.75 Å². The third kappa shape index (κ3) is 2.71. The van der Waals surface area contributed by atoms with Crippen LogP contribution >= 0.6 is 38.5 Å². The van der Waals surface area contributed by atoms with E-state index in [1.165, 1.54) is 9.26 Å². The van der Waals surface area contributed by atoms with E-state index in [0.29, 0.717) is 0 Å². The van der Waals surface area contributed by atoms with E-state index < -0.39 is 0 Å². The zero-order valence-electron chi connectivity index (χ0n) is 10.5. The van der Waals surface area contributed by atoms with Gasteiger partial charge in [0.1, 0.15) is 5.75 Å². The van der Waals surface area contributed by atoms with E-state index in [2.05, 4.69) is 50.5 Å². The first-order chi connectivity index (χ1) is 8.52. The van der Waals surface area contributed by atoms with Gasteiger partial charge in [-0.1, -0.05) is 15.9 Å². The van der Waals surface area contributed by atoms with Crippen molar-refractivity contribution in [3.8, 4) is 5.75 Å². The molecule has 2 aromatic rings. The van der Waals surface area contributed by atoms with Gasteiger partial charge in [-0.25, -0.2) is 0 Å². The minimum atomic E-state index is 0.744. The van der Waals surface area contributed by atoms with Gasteiger partial charge in [-0.15, -0.1) is 0 Å². The van der Waals surface area contributed by atoms with E-state index in [4.69, 9.17) is 4.74 Å². The van der Waals surface area contributed by atoms with Gasteiger partial charge < -0.3 is 4.74 Å². The number of hydrogen-bond acceptors (Lipinski definition) is 2. The number of aryl methyl sites for hydroxylation is 1. The Kier molecular flexibility index (Phi) is 4.32. The van der Waals surface area contributed by atoms with Crippen molar-refractivity contribution in [2.75, 3.05) is 7.11 Å². The lowest BCUT2D eigenvalue weighted by molar-refractivity contribution is 0.414. The number of halogens is 2. The number of methoxy groups -OCH3 is 1. The predicted octanol–water partition coefficient (Wildman–Crippen LogP) is 3.92. The second kappa shape index (κ2) is 5.61. The highest BCUT2D eigenvalue weighted by Crippen LogP contribution is 2.24. The average molecular weight is 421 g/mol. The maximum Gasteiger partial charge on any atom is 0.119 e. The first-order valence-electron chi connectivity index (χ1n) is 5.55. The largest absolute Gasteiger partial charge is 0.497 e. The molecule has 0 N–H and O–H groups in total. The quantitative estimate of drug-likeness (QED) is 0.703. The number of hydrogen-bond donors (Lipinski definition) is 0. The van der Waals surface area contributed by atoms with Crippen LogP contribution in [0.1, 0.15) is 17.0 Å². The smallest absolute Gasteiger partial charge is 0.119 e. The minimum absolute atomic E-state index is 0.744. The molecular weight excluding hydrogens is 407 g/mol. The fourth-order valence-electron chi connectivity index (χ4n) is 1.79. The van der Waals surface area contributed by atoms with Crippen molar-refractivity contribution in [3.63, 3.8) is 0 Å². The zero-order chi connectivity index (χ0) is 13.3. The molecule has 3 nitrogen and oxygen atoms in total. The molecule has 0 saturated heterocycles. The van der Waals surface area contributed by atoms with E-state index >= 15 is 0 Å². The van der Waals surface area contributed by atoms with Gasteiger partial charge in [-0.05, 0) is 60.2 Å². The van der Waals surface area contributed by atoms with Crippen LogP contribution in [0.4, 0.5) is 0 Å². The molecule has 1 heterocycles.